The van der Waals surface area contributed by atoms with Crippen molar-refractivity contribution in [2.75, 3.05) is 13.7 Å². The molecule has 5 heteroatoms. The van der Waals surface area contributed by atoms with Crippen LogP contribution in [0.3, 0.4) is 0 Å². The molecule has 0 spiro atoms. The first-order valence-corrected chi connectivity index (χ1v) is 7.97. The maximum atomic E-state index is 12.7. The van der Waals surface area contributed by atoms with Crippen LogP contribution in [0.4, 0.5) is 0 Å². The molecule has 124 valence electrons. The van der Waals surface area contributed by atoms with Gasteiger partial charge in [0.2, 0.25) is 5.43 Å². The molecule has 1 N–H and O–H groups in total. The average molecular weight is 316 g/mol. The van der Waals surface area contributed by atoms with E-state index >= 15 is 0 Å². The summed E-state index contributed by atoms with van der Waals surface area (Å²) in [6.45, 7) is 7.42. The van der Waals surface area contributed by atoms with Crippen LogP contribution in [-0.2, 0) is 6.54 Å². The Hall–Kier alpha value is -2.30. The number of methoxy groups -OCH3 is 1. The Balaban J connectivity index is 2.45. The summed E-state index contributed by atoms with van der Waals surface area (Å²) < 4.78 is 7.10. The van der Waals surface area contributed by atoms with Gasteiger partial charge in [0.1, 0.15) is 11.3 Å². The second-order valence-corrected chi connectivity index (χ2v) is 5.98. The zero-order valence-corrected chi connectivity index (χ0v) is 14.2. The molecule has 2 aromatic rings. The number of pyridine rings is 1. The van der Waals surface area contributed by atoms with E-state index in [1.807, 2.05) is 23.6 Å². The smallest absolute Gasteiger partial charge is 0.256 e. The second-order valence-electron chi connectivity index (χ2n) is 5.98. The van der Waals surface area contributed by atoms with E-state index in [1.54, 1.807) is 19.4 Å². The minimum Gasteiger partial charge on any atom is -0.497 e. The van der Waals surface area contributed by atoms with Gasteiger partial charge in [0.25, 0.3) is 5.91 Å². The van der Waals surface area contributed by atoms with Crippen LogP contribution >= 0.6 is 0 Å². The molecule has 0 aliphatic heterocycles. The molecule has 1 amide bonds. The lowest BCUT2D eigenvalue weighted by atomic mass is 10.1. The third-order valence-electron chi connectivity index (χ3n) is 3.88. The van der Waals surface area contributed by atoms with Crippen molar-refractivity contribution < 1.29 is 9.53 Å². The standard InChI is InChI=1S/C18H24N2O3/c1-5-20-11-15(18(22)19-9-8-12(2)3)17(21)14-10-13(23-4)6-7-16(14)20/h6-7,10-12H,5,8-9H2,1-4H3,(H,19,22). The molecule has 0 aliphatic carbocycles. The number of aromatic nitrogens is 1. The first kappa shape index (κ1) is 17.1. The van der Waals surface area contributed by atoms with Crippen LogP contribution in [0.5, 0.6) is 5.75 Å². The molecule has 0 saturated heterocycles. The number of hydrogen-bond acceptors (Lipinski definition) is 3. The maximum absolute atomic E-state index is 12.7. The van der Waals surface area contributed by atoms with E-state index < -0.39 is 0 Å². The molecular weight excluding hydrogens is 292 g/mol. The molecular formula is C18H24N2O3. The van der Waals surface area contributed by atoms with Gasteiger partial charge in [-0.05, 0) is 37.5 Å². The van der Waals surface area contributed by atoms with E-state index in [-0.39, 0.29) is 16.9 Å². The third-order valence-corrected chi connectivity index (χ3v) is 3.88. The number of aryl methyl sites for hydroxylation is 1. The molecule has 0 fully saturated rings. The number of nitrogens with zero attached hydrogens (tertiary/aromatic N) is 1. The number of carbonyl (C=O) groups is 1. The molecule has 23 heavy (non-hydrogen) atoms. The summed E-state index contributed by atoms with van der Waals surface area (Å²) in [5.74, 6) is 0.792. The molecule has 0 aliphatic rings. The van der Waals surface area contributed by atoms with Crippen LogP contribution in [0, 0.1) is 5.92 Å². The summed E-state index contributed by atoms with van der Waals surface area (Å²) in [4.78, 5) is 25.0. The van der Waals surface area contributed by atoms with E-state index in [0.29, 0.717) is 30.1 Å². The van der Waals surface area contributed by atoms with Gasteiger partial charge in [-0.1, -0.05) is 13.8 Å². The van der Waals surface area contributed by atoms with Crippen LogP contribution in [0.2, 0.25) is 0 Å². The van der Waals surface area contributed by atoms with Gasteiger partial charge < -0.3 is 14.6 Å². The van der Waals surface area contributed by atoms with E-state index in [1.165, 1.54) is 0 Å². The zero-order valence-electron chi connectivity index (χ0n) is 14.2. The molecule has 0 unspecified atom stereocenters. The molecule has 2 rings (SSSR count). The van der Waals surface area contributed by atoms with Gasteiger partial charge >= 0.3 is 0 Å². The molecule has 1 heterocycles. The lowest BCUT2D eigenvalue weighted by Gasteiger charge is -2.13. The number of ether oxygens (including phenoxy) is 1. The molecule has 1 aromatic heterocycles. The van der Waals surface area contributed by atoms with E-state index in [4.69, 9.17) is 4.74 Å². The first-order chi connectivity index (χ1) is 11.0. The molecule has 0 saturated carbocycles. The molecule has 0 bridgehead atoms. The van der Waals surface area contributed by atoms with Gasteiger partial charge in [-0.3, -0.25) is 9.59 Å². The van der Waals surface area contributed by atoms with Crippen molar-refractivity contribution in [2.45, 2.75) is 33.7 Å². The summed E-state index contributed by atoms with van der Waals surface area (Å²) >= 11 is 0. The van der Waals surface area contributed by atoms with Gasteiger partial charge in [-0.15, -0.1) is 0 Å². The Bertz CT molecular complexity index is 763. The highest BCUT2D eigenvalue weighted by Crippen LogP contribution is 2.19. The summed E-state index contributed by atoms with van der Waals surface area (Å²) in [7, 11) is 1.56. The van der Waals surface area contributed by atoms with Crippen LogP contribution in [-0.4, -0.2) is 24.1 Å². The number of carbonyl (C=O) groups excluding carboxylic acids is 1. The number of amides is 1. The van der Waals surface area contributed by atoms with E-state index in [2.05, 4.69) is 19.2 Å². The predicted molar refractivity (Wildman–Crippen MR) is 92.2 cm³/mol. The molecule has 1 aromatic carbocycles. The first-order valence-electron chi connectivity index (χ1n) is 7.97. The maximum Gasteiger partial charge on any atom is 0.256 e. The van der Waals surface area contributed by atoms with Crippen molar-refractivity contribution in [1.82, 2.24) is 9.88 Å². The minimum atomic E-state index is -0.317. The normalized spacial score (nSPS) is 11.0. The Morgan fingerprint density at radius 3 is 2.70 bits per heavy atom. The predicted octanol–water partition coefficient (Wildman–Crippen LogP) is 2.81. The fraction of sp³-hybridized carbons (Fsp3) is 0.444. The van der Waals surface area contributed by atoms with E-state index in [9.17, 15) is 9.59 Å². The van der Waals surface area contributed by atoms with Gasteiger partial charge in [0, 0.05) is 19.3 Å². The van der Waals surface area contributed by atoms with Crippen molar-refractivity contribution in [3.63, 3.8) is 0 Å². The van der Waals surface area contributed by atoms with Crippen LogP contribution in [0.15, 0.2) is 29.2 Å². The van der Waals surface area contributed by atoms with Crippen molar-refractivity contribution in [2.24, 2.45) is 5.92 Å². The summed E-state index contributed by atoms with van der Waals surface area (Å²) in [6, 6.07) is 5.35. The third kappa shape index (κ3) is 3.73. The van der Waals surface area contributed by atoms with E-state index in [0.717, 1.165) is 11.9 Å². The van der Waals surface area contributed by atoms with Gasteiger partial charge in [0.05, 0.1) is 18.0 Å². The fourth-order valence-corrected chi connectivity index (χ4v) is 2.50. The lowest BCUT2D eigenvalue weighted by molar-refractivity contribution is 0.0950. The molecule has 5 nitrogen and oxygen atoms in total. The fourth-order valence-electron chi connectivity index (χ4n) is 2.50. The monoisotopic (exact) mass is 316 g/mol. The SMILES string of the molecule is CCn1cc(C(=O)NCCC(C)C)c(=O)c2cc(OC)ccc21. The zero-order chi connectivity index (χ0) is 17.0. The summed E-state index contributed by atoms with van der Waals surface area (Å²) in [5.41, 5.74) is 0.721. The lowest BCUT2D eigenvalue weighted by Crippen LogP contribution is -2.31. The highest BCUT2D eigenvalue weighted by atomic mass is 16.5. The molecule has 0 radical (unpaired) electrons. The van der Waals surface area contributed by atoms with Crippen LogP contribution in [0.1, 0.15) is 37.6 Å². The average Bonchev–Trinajstić information content (AvgIpc) is 2.54. The Labute approximate surface area is 136 Å². The highest BCUT2D eigenvalue weighted by molar-refractivity contribution is 5.97. The Kier molecular flexibility index (Phi) is 5.42. The Morgan fingerprint density at radius 2 is 2.09 bits per heavy atom. The largest absolute Gasteiger partial charge is 0.497 e. The Morgan fingerprint density at radius 1 is 1.35 bits per heavy atom. The number of benzene rings is 1. The van der Waals surface area contributed by atoms with Gasteiger partial charge in [-0.2, -0.15) is 0 Å². The summed E-state index contributed by atoms with van der Waals surface area (Å²) in [5, 5.41) is 3.33. The number of hydrogen-bond donors (Lipinski definition) is 1. The quantitative estimate of drug-likeness (QED) is 0.891. The van der Waals surface area contributed by atoms with Crippen molar-refractivity contribution in [3.8, 4) is 5.75 Å². The number of rotatable bonds is 6. The van der Waals surface area contributed by atoms with Crippen LogP contribution in [0.25, 0.3) is 10.9 Å². The molecule has 0 atom stereocenters. The second kappa shape index (κ2) is 7.31. The van der Waals surface area contributed by atoms with Crippen molar-refractivity contribution >= 4 is 16.8 Å². The van der Waals surface area contributed by atoms with Gasteiger partial charge in [0.15, 0.2) is 0 Å². The van der Waals surface area contributed by atoms with Crippen LogP contribution < -0.4 is 15.5 Å². The minimum absolute atomic E-state index is 0.177. The number of nitrogens with one attached hydrogen (secondary N) is 1. The highest BCUT2D eigenvalue weighted by Gasteiger charge is 2.15. The van der Waals surface area contributed by atoms with Crippen molar-refractivity contribution in [3.05, 3.63) is 40.2 Å². The topological polar surface area (TPSA) is 60.3 Å². The van der Waals surface area contributed by atoms with Gasteiger partial charge in [-0.25, -0.2) is 0 Å². The number of fused-ring (bicyclic) bond motifs is 1. The summed E-state index contributed by atoms with van der Waals surface area (Å²) in [6.07, 6.45) is 2.52. The van der Waals surface area contributed by atoms with Crippen molar-refractivity contribution in [1.29, 1.82) is 0 Å².